The molecule has 0 unspecified atom stereocenters. The van der Waals surface area contributed by atoms with Crippen molar-refractivity contribution in [1.82, 2.24) is 0 Å². The average molecular weight is 425 g/mol. The summed E-state index contributed by atoms with van der Waals surface area (Å²) in [5.74, 6) is 0.865. The molecule has 166 valence electrons. The lowest BCUT2D eigenvalue weighted by atomic mass is 10.1. The second-order valence-electron chi connectivity index (χ2n) is 9.53. The molecule has 0 amide bonds. The zero-order valence-corrected chi connectivity index (χ0v) is 20.1. The van der Waals surface area contributed by atoms with Crippen molar-refractivity contribution >= 4 is 8.32 Å². The maximum atomic E-state index is 9.27. The van der Waals surface area contributed by atoms with Gasteiger partial charge in [0.1, 0.15) is 11.9 Å². The van der Waals surface area contributed by atoms with Crippen LogP contribution in [-0.4, -0.2) is 52.1 Å². The highest BCUT2D eigenvalue weighted by Crippen LogP contribution is 2.39. The quantitative estimate of drug-likeness (QED) is 0.277. The lowest BCUT2D eigenvalue weighted by Crippen LogP contribution is -2.44. The fraction of sp³-hybridized carbons (Fsp3) is 0.739. The molecule has 1 aromatic rings. The Morgan fingerprint density at radius 2 is 1.79 bits per heavy atom. The number of unbranched alkanes of at least 4 members (excludes halogenated alkanes) is 1. The summed E-state index contributed by atoms with van der Waals surface area (Å²) in [5, 5.41) is 9.45. The third kappa shape index (κ3) is 8.02. The molecule has 0 aromatic heterocycles. The van der Waals surface area contributed by atoms with Crippen molar-refractivity contribution in [3.05, 3.63) is 29.8 Å². The van der Waals surface area contributed by atoms with Crippen LogP contribution in [0.1, 0.15) is 52.0 Å². The van der Waals surface area contributed by atoms with Crippen LogP contribution < -0.4 is 4.74 Å². The van der Waals surface area contributed by atoms with E-state index in [1.54, 1.807) is 7.11 Å². The van der Waals surface area contributed by atoms with Crippen LogP contribution in [0, 0.1) is 0 Å². The Bertz CT molecular complexity index is 596. The molecule has 29 heavy (non-hydrogen) atoms. The number of epoxide rings is 1. The van der Waals surface area contributed by atoms with Gasteiger partial charge in [-0.1, -0.05) is 32.9 Å². The molecule has 1 fully saturated rings. The van der Waals surface area contributed by atoms with Gasteiger partial charge in [0.2, 0.25) is 0 Å². The molecule has 1 aromatic carbocycles. The third-order valence-corrected chi connectivity index (χ3v) is 10.7. The van der Waals surface area contributed by atoms with Crippen molar-refractivity contribution in [3.63, 3.8) is 0 Å². The second-order valence-corrected chi connectivity index (χ2v) is 14.3. The summed E-state index contributed by atoms with van der Waals surface area (Å²) in [4.78, 5) is 0. The Kier molecular flexibility index (Phi) is 9.16. The van der Waals surface area contributed by atoms with E-state index >= 15 is 0 Å². The van der Waals surface area contributed by atoms with Crippen molar-refractivity contribution < 1.29 is 23.7 Å². The summed E-state index contributed by atoms with van der Waals surface area (Å²) in [6, 6.07) is 7.99. The Morgan fingerprint density at radius 1 is 1.10 bits per heavy atom. The fourth-order valence-electron chi connectivity index (χ4n) is 3.11. The summed E-state index contributed by atoms with van der Waals surface area (Å²) >= 11 is 0. The van der Waals surface area contributed by atoms with Crippen LogP contribution in [0.3, 0.4) is 0 Å². The molecular formula is C23H40O5Si. The molecule has 3 atom stereocenters. The highest BCUT2D eigenvalue weighted by Gasteiger charge is 2.43. The summed E-state index contributed by atoms with van der Waals surface area (Å²) in [5.41, 5.74) is 1.16. The number of ether oxygens (including phenoxy) is 3. The van der Waals surface area contributed by atoms with E-state index in [4.69, 9.17) is 18.6 Å². The zero-order chi connectivity index (χ0) is 21.5. The Hall–Kier alpha value is -0.923. The van der Waals surface area contributed by atoms with Crippen LogP contribution in [0.2, 0.25) is 18.1 Å². The third-order valence-electron chi connectivity index (χ3n) is 6.12. The molecule has 0 aliphatic carbocycles. The molecule has 1 N–H and O–H groups in total. The number of hydrogen-bond donors (Lipinski definition) is 1. The number of rotatable bonds is 13. The SMILES string of the molecule is COc1ccc(COCCCC[C@@H](C[C@H]2O[C@@H]2CO)O[Si](C)(C)C(C)(C)C)cc1. The van der Waals surface area contributed by atoms with Gasteiger partial charge in [-0.05, 0) is 55.1 Å². The van der Waals surface area contributed by atoms with Gasteiger partial charge in [-0.2, -0.15) is 0 Å². The van der Waals surface area contributed by atoms with Crippen LogP contribution in [0.5, 0.6) is 5.75 Å². The summed E-state index contributed by atoms with van der Waals surface area (Å²) < 4.78 is 23.2. The molecule has 0 spiro atoms. The molecular weight excluding hydrogens is 384 g/mol. The lowest BCUT2D eigenvalue weighted by Gasteiger charge is -2.39. The first kappa shape index (κ1) is 24.3. The van der Waals surface area contributed by atoms with Gasteiger partial charge in [-0.15, -0.1) is 0 Å². The molecule has 1 saturated heterocycles. The maximum absolute atomic E-state index is 9.27. The molecule has 6 heteroatoms. The molecule has 1 heterocycles. The molecule has 1 aliphatic heterocycles. The smallest absolute Gasteiger partial charge is 0.192 e. The van der Waals surface area contributed by atoms with E-state index in [1.165, 1.54) is 0 Å². The number of aliphatic hydroxyl groups excluding tert-OH is 1. The number of aliphatic hydroxyl groups is 1. The van der Waals surface area contributed by atoms with E-state index in [2.05, 4.69) is 33.9 Å². The fourth-order valence-corrected chi connectivity index (χ4v) is 4.51. The van der Waals surface area contributed by atoms with E-state index in [0.29, 0.717) is 6.61 Å². The van der Waals surface area contributed by atoms with Crippen LogP contribution in [0.25, 0.3) is 0 Å². The zero-order valence-electron chi connectivity index (χ0n) is 19.1. The largest absolute Gasteiger partial charge is 0.497 e. The number of methoxy groups -OCH3 is 1. The second kappa shape index (κ2) is 10.9. The summed E-state index contributed by atoms with van der Waals surface area (Å²) in [6.07, 6.45) is 4.33. The summed E-state index contributed by atoms with van der Waals surface area (Å²) in [7, 11) is -0.153. The molecule has 0 radical (unpaired) electrons. The minimum Gasteiger partial charge on any atom is -0.497 e. The molecule has 0 bridgehead atoms. The van der Waals surface area contributed by atoms with Crippen molar-refractivity contribution in [2.24, 2.45) is 0 Å². The van der Waals surface area contributed by atoms with Crippen molar-refractivity contribution in [3.8, 4) is 5.75 Å². The van der Waals surface area contributed by atoms with Crippen molar-refractivity contribution in [1.29, 1.82) is 0 Å². The Morgan fingerprint density at radius 3 is 2.34 bits per heavy atom. The van der Waals surface area contributed by atoms with Gasteiger partial charge < -0.3 is 23.7 Å². The van der Waals surface area contributed by atoms with E-state index in [0.717, 1.165) is 43.6 Å². The monoisotopic (exact) mass is 424 g/mol. The van der Waals surface area contributed by atoms with Gasteiger partial charge in [0.15, 0.2) is 8.32 Å². The molecule has 0 saturated carbocycles. The van der Waals surface area contributed by atoms with Crippen LogP contribution in [0.15, 0.2) is 24.3 Å². The van der Waals surface area contributed by atoms with Gasteiger partial charge in [0.25, 0.3) is 0 Å². The Balaban J connectivity index is 1.72. The molecule has 2 rings (SSSR count). The first-order valence-electron chi connectivity index (χ1n) is 10.8. The van der Waals surface area contributed by atoms with E-state index in [9.17, 15) is 5.11 Å². The highest BCUT2D eigenvalue weighted by atomic mass is 28.4. The van der Waals surface area contributed by atoms with E-state index in [1.807, 2.05) is 24.3 Å². The average Bonchev–Trinajstić information content (AvgIpc) is 3.41. The summed E-state index contributed by atoms with van der Waals surface area (Å²) in [6.45, 7) is 12.9. The first-order chi connectivity index (χ1) is 13.7. The number of hydrogen-bond acceptors (Lipinski definition) is 5. The number of benzene rings is 1. The Labute approximate surface area is 177 Å². The van der Waals surface area contributed by atoms with Gasteiger partial charge in [0.05, 0.1) is 26.4 Å². The molecule has 1 aliphatic rings. The van der Waals surface area contributed by atoms with Crippen molar-refractivity contribution in [2.45, 2.75) is 89.5 Å². The van der Waals surface area contributed by atoms with Gasteiger partial charge in [0, 0.05) is 19.1 Å². The first-order valence-corrected chi connectivity index (χ1v) is 13.7. The van der Waals surface area contributed by atoms with Crippen LogP contribution in [-0.2, 0) is 20.5 Å². The van der Waals surface area contributed by atoms with Gasteiger partial charge >= 0.3 is 0 Å². The minimum atomic E-state index is -1.83. The predicted octanol–water partition coefficient (Wildman–Crippen LogP) is 4.92. The normalized spacial score (nSPS) is 20.5. The predicted molar refractivity (Wildman–Crippen MR) is 119 cm³/mol. The highest BCUT2D eigenvalue weighted by molar-refractivity contribution is 6.74. The van der Waals surface area contributed by atoms with Crippen LogP contribution in [0.4, 0.5) is 0 Å². The van der Waals surface area contributed by atoms with E-state index < -0.39 is 8.32 Å². The maximum Gasteiger partial charge on any atom is 0.192 e. The van der Waals surface area contributed by atoms with Gasteiger partial charge in [-0.25, -0.2) is 0 Å². The minimum absolute atomic E-state index is 0.00773. The molecule has 5 nitrogen and oxygen atoms in total. The lowest BCUT2D eigenvalue weighted by molar-refractivity contribution is 0.108. The van der Waals surface area contributed by atoms with Crippen molar-refractivity contribution in [2.75, 3.05) is 20.3 Å². The standard InChI is InChI=1S/C23H40O5Si/c1-23(2,3)29(5,6)28-20(15-21-22(16-24)27-21)9-7-8-14-26-17-18-10-12-19(25-4)13-11-18/h10-13,20-22,24H,7-9,14-17H2,1-6H3/t20-,21+,22+/m0/s1. The van der Waals surface area contributed by atoms with E-state index in [-0.39, 0.29) is 30.0 Å². The van der Waals surface area contributed by atoms with Crippen LogP contribution >= 0.6 is 0 Å². The van der Waals surface area contributed by atoms with Gasteiger partial charge in [-0.3, -0.25) is 0 Å². The topological polar surface area (TPSA) is 60.5 Å².